The maximum absolute atomic E-state index is 11.3. The Morgan fingerprint density at radius 1 is 1.50 bits per heavy atom. The number of aliphatic hydroxyl groups excluding tert-OH is 2. The first-order valence-electron chi connectivity index (χ1n) is 5.41. The number of carbonyl (C=O) groups excluding carboxylic acids is 1. The molecule has 2 unspecified atom stereocenters. The van der Waals surface area contributed by atoms with Crippen LogP contribution >= 0.6 is 11.6 Å². The van der Waals surface area contributed by atoms with Crippen LogP contribution in [-0.2, 0) is 4.74 Å². The van der Waals surface area contributed by atoms with Gasteiger partial charge in [-0.05, 0) is 18.6 Å². The minimum Gasteiger partial charge on any atom is -0.465 e. The minimum absolute atomic E-state index is 0.221. The maximum Gasteiger partial charge on any atom is 0.337 e. The van der Waals surface area contributed by atoms with Crippen LogP contribution in [0.1, 0.15) is 28.4 Å². The first-order valence-corrected chi connectivity index (χ1v) is 5.94. The number of nitrogen functional groups attached to an aromatic ring is 1. The van der Waals surface area contributed by atoms with Gasteiger partial charge < -0.3 is 20.7 Å². The van der Waals surface area contributed by atoms with E-state index in [1.54, 1.807) is 0 Å². The van der Waals surface area contributed by atoms with Crippen LogP contribution in [0.5, 0.6) is 0 Å². The molecule has 0 aromatic heterocycles. The molecule has 0 aliphatic rings. The van der Waals surface area contributed by atoms with Crippen LogP contribution in [0.2, 0.25) is 0 Å². The molecule has 1 rings (SSSR count). The van der Waals surface area contributed by atoms with E-state index >= 15 is 0 Å². The van der Waals surface area contributed by atoms with Gasteiger partial charge in [-0.15, -0.1) is 11.6 Å². The molecule has 1 aromatic rings. The largest absolute Gasteiger partial charge is 0.465 e. The third-order valence-electron chi connectivity index (χ3n) is 2.60. The third kappa shape index (κ3) is 3.35. The van der Waals surface area contributed by atoms with Crippen LogP contribution in [0.3, 0.4) is 0 Å². The molecule has 0 bridgehead atoms. The second-order valence-electron chi connectivity index (χ2n) is 3.83. The topological polar surface area (TPSA) is 92.8 Å². The minimum atomic E-state index is -1.13. The Balaban J connectivity index is 2.94. The lowest BCUT2D eigenvalue weighted by Gasteiger charge is -2.19. The fourth-order valence-electron chi connectivity index (χ4n) is 1.57. The zero-order valence-corrected chi connectivity index (χ0v) is 10.7. The van der Waals surface area contributed by atoms with Gasteiger partial charge in [0.2, 0.25) is 0 Å². The van der Waals surface area contributed by atoms with E-state index in [9.17, 15) is 15.0 Å². The molecule has 0 aliphatic heterocycles. The van der Waals surface area contributed by atoms with Crippen molar-refractivity contribution in [1.29, 1.82) is 0 Å². The number of alkyl halides is 1. The second kappa shape index (κ2) is 6.58. The Bertz CT molecular complexity index is 425. The fourth-order valence-corrected chi connectivity index (χ4v) is 1.79. The molecule has 0 heterocycles. The number of esters is 1. The van der Waals surface area contributed by atoms with E-state index in [-0.39, 0.29) is 23.6 Å². The van der Waals surface area contributed by atoms with E-state index in [4.69, 9.17) is 17.3 Å². The van der Waals surface area contributed by atoms with E-state index in [0.29, 0.717) is 5.56 Å². The number of hydrogen-bond acceptors (Lipinski definition) is 5. The molecule has 18 heavy (non-hydrogen) atoms. The van der Waals surface area contributed by atoms with Crippen molar-refractivity contribution in [2.75, 3.05) is 18.7 Å². The number of hydrogen-bond donors (Lipinski definition) is 3. The highest BCUT2D eigenvalue weighted by Gasteiger charge is 2.20. The Morgan fingerprint density at radius 2 is 2.17 bits per heavy atom. The first kappa shape index (κ1) is 14.8. The molecule has 1 aromatic carbocycles. The highest BCUT2D eigenvalue weighted by Crippen LogP contribution is 2.26. The zero-order valence-electron chi connectivity index (χ0n) is 9.97. The smallest absolute Gasteiger partial charge is 0.337 e. The van der Waals surface area contributed by atoms with Crippen molar-refractivity contribution >= 4 is 23.3 Å². The third-order valence-corrected chi connectivity index (χ3v) is 2.81. The molecule has 0 spiro atoms. The SMILES string of the molecule is COC(=O)c1ccc(C(O)C(O)CCCl)c(N)c1. The highest BCUT2D eigenvalue weighted by molar-refractivity contribution is 6.17. The van der Waals surface area contributed by atoms with Gasteiger partial charge in [0.1, 0.15) is 6.10 Å². The molecule has 2 atom stereocenters. The maximum atomic E-state index is 11.3. The molecular weight excluding hydrogens is 258 g/mol. The van der Waals surface area contributed by atoms with E-state index in [1.807, 2.05) is 0 Å². The van der Waals surface area contributed by atoms with Crippen molar-refractivity contribution in [1.82, 2.24) is 0 Å². The van der Waals surface area contributed by atoms with Gasteiger partial charge in [-0.1, -0.05) is 6.07 Å². The average Bonchev–Trinajstić information content (AvgIpc) is 2.37. The van der Waals surface area contributed by atoms with Gasteiger partial charge in [-0.25, -0.2) is 4.79 Å². The predicted molar refractivity (Wildman–Crippen MR) is 68.5 cm³/mol. The standard InChI is InChI=1S/C12H16ClNO4/c1-18-12(17)7-2-3-8(9(14)6-7)11(16)10(15)4-5-13/h2-3,6,10-11,15-16H,4-5,14H2,1H3. The molecular formula is C12H16ClNO4. The molecule has 0 aliphatic carbocycles. The van der Waals surface area contributed by atoms with Gasteiger partial charge in [0.15, 0.2) is 0 Å². The van der Waals surface area contributed by atoms with Crippen LogP contribution in [0, 0.1) is 0 Å². The first-order chi connectivity index (χ1) is 8.51. The number of nitrogens with two attached hydrogens (primary N) is 1. The lowest BCUT2D eigenvalue weighted by molar-refractivity contribution is 0.0174. The molecule has 0 saturated carbocycles. The number of aliphatic hydroxyl groups is 2. The summed E-state index contributed by atoms with van der Waals surface area (Å²) in [6.45, 7) is 0. The molecule has 0 radical (unpaired) electrons. The van der Waals surface area contributed by atoms with Gasteiger partial charge >= 0.3 is 5.97 Å². The van der Waals surface area contributed by atoms with Gasteiger partial charge in [0.05, 0.1) is 18.8 Å². The number of rotatable bonds is 5. The summed E-state index contributed by atoms with van der Waals surface area (Å²) in [6, 6.07) is 4.37. The van der Waals surface area contributed by atoms with Crippen molar-refractivity contribution in [3.63, 3.8) is 0 Å². The van der Waals surface area contributed by atoms with Crippen LogP contribution < -0.4 is 5.73 Å². The van der Waals surface area contributed by atoms with Gasteiger partial charge in [-0.3, -0.25) is 0 Å². The summed E-state index contributed by atoms with van der Waals surface area (Å²) in [6.07, 6.45) is -1.87. The van der Waals surface area contributed by atoms with Crippen LogP contribution in [0.4, 0.5) is 5.69 Å². The Labute approximate surface area is 110 Å². The second-order valence-corrected chi connectivity index (χ2v) is 4.20. The van der Waals surface area contributed by atoms with Gasteiger partial charge in [0.25, 0.3) is 0 Å². The van der Waals surface area contributed by atoms with Crippen molar-refractivity contribution in [3.05, 3.63) is 29.3 Å². The predicted octanol–water partition coefficient (Wildman–Crippen LogP) is 1.08. The Hall–Kier alpha value is -1.30. The van der Waals surface area contributed by atoms with E-state index in [0.717, 1.165) is 0 Å². The summed E-state index contributed by atoms with van der Waals surface area (Å²) in [5.41, 5.74) is 6.61. The molecule has 0 fully saturated rings. The lowest BCUT2D eigenvalue weighted by atomic mass is 9.99. The van der Waals surface area contributed by atoms with E-state index in [1.165, 1.54) is 25.3 Å². The summed E-state index contributed by atoms with van der Waals surface area (Å²) in [5, 5.41) is 19.5. The van der Waals surface area contributed by atoms with Crippen molar-refractivity contribution in [2.45, 2.75) is 18.6 Å². The summed E-state index contributed by atoms with van der Waals surface area (Å²) in [4.78, 5) is 11.3. The Morgan fingerprint density at radius 3 is 2.67 bits per heavy atom. The highest BCUT2D eigenvalue weighted by atomic mass is 35.5. The quantitative estimate of drug-likeness (QED) is 0.424. The number of anilines is 1. The number of methoxy groups -OCH3 is 1. The average molecular weight is 274 g/mol. The zero-order chi connectivity index (χ0) is 13.7. The number of carbonyl (C=O) groups is 1. The van der Waals surface area contributed by atoms with Crippen LogP contribution in [0.25, 0.3) is 0 Å². The van der Waals surface area contributed by atoms with Gasteiger partial charge in [-0.2, -0.15) is 0 Å². The van der Waals surface area contributed by atoms with E-state index < -0.39 is 18.2 Å². The van der Waals surface area contributed by atoms with Crippen molar-refractivity contribution in [3.8, 4) is 0 Å². The summed E-state index contributed by atoms with van der Waals surface area (Å²) in [7, 11) is 1.27. The van der Waals surface area contributed by atoms with Gasteiger partial charge in [0, 0.05) is 17.1 Å². The van der Waals surface area contributed by atoms with E-state index in [2.05, 4.69) is 4.74 Å². The molecule has 0 amide bonds. The normalized spacial score (nSPS) is 14.0. The molecule has 5 nitrogen and oxygen atoms in total. The molecule has 4 N–H and O–H groups in total. The van der Waals surface area contributed by atoms with Crippen molar-refractivity contribution in [2.24, 2.45) is 0 Å². The monoisotopic (exact) mass is 273 g/mol. The number of ether oxygens (including phenoxy) is 1. The lowest BCUT2D eigenvalue weighted by Crippen LogP contribution is -2.20. The van der Waals surface area contributed by atoms with Crippen molar-refractivity contribution < 1.29 is 19.7 Å². The Kier molecular flexibility index (Phi) is 5.40. The molecule has 0 saturated heterocycles. The summed E-state index contributed by atoms with van der Waals surface area (Å²) < 4.78 is 4.55. The number of halogens is 1. The molecule has 100 valence electrons. The summed E-state index contributed by atoms with van der Waals surface area (Å²) in [5.74, 6) is -0.276. The summed E-state index contributed by atoms with van der Waals surface area (Å²) >= 11 is 5.49. The number of benzene rings is 1. The molecule has 6 heteroatoms. The van der Waals surface area contributed by atoms with Crippen LogP contribution in [0.15, 0.2) is 18.2 Å². The van der Waals surface area contributed by atoms with Crippen LogP contribution in [-0.4, -0.2) is 35.3 Å². The fraction of sp³-hybridized carbons (Fsp3) is 0.417.